The summed E-state index contributed by atoms with van der Waals surface area (Å²) in [5.41, 5.74) is 7.50. The van der Waals surface area contributed by atoms with Crippen molar-refractivity contribution >= 4 is 21.2 Å². The molecule has 1 aliphatic rings. The Balaban J connectivity index is 2.36. The van der Waals surface area contributed by atoms with E-state index in [9.17, 15) is 8.42 Å². The van der Waals surface area contributed by atoms with Crippen LogP contribution in [0.2, 0.25) is 0 Å². The lowest BCUT2D eigenvalue weighted by Gasteiger charge is -2.20. The van der Waals surface area contributed by atoms with Crippen molar-refractivity contribution in [1.29, 1.82) is 0 Å². The number of hydrogen-bond donors (Lipinski definition) is 1. The summed E-state index contributed by atoms with van der Waals surface area (Å²) in [6.07, 6.45) is 2.34. The third-order valence-electron chi connectivity index (χ3n) is 3.39. The van der Waals surface area contributed by atoms with Gasteiger partial charge in [0.2, 0.25) is 0 Å². The van der Waals surface area contributed by atoms with Crippen LogP contribution in [0.25, 0.3) is 0 Å². The van der Waals surface area contributed by atoms with Crippen LogP contribution in [0.15, 0.2) is 23.1 Å². The van der Waals surface area contributed by atoms with Crippen molar-refractivity contribution < 1.29 is 8.42 Å². The fourth-order valence-corrected chi connectivity index (χ4v) is 3.32. The smallest absolute Gasteiger partial charge is 0.180 e. The van der Waals surface area contributed by atoms with Crippen LogP contribution in [-0.4, -0.2) is 26.8 Å². The quantitative estimate of drug-likeness (QED) is 0.852. The number of benzene rings is 1. The van der Waals surface area contributed by atoms with Gasteiger partial charge in [-0.3, -0.25) is 0 Å². The van der Waals surface area contributed by atoms with Crippen LogP contribution in [0.1, 0.15) is 26.7 Å². The Morgan fingerprint density at radius 3 is 2.33 bits per heavy atom. The van der Waals surface area contributed by atoms with Gasteiger partial charge >= 0.3 is 0 Å². The van der Waals surface area contributed by atoms with Crippen molar-refractivity contribution in [2.75, 3.05) is 23.7 Å². The summed E-state index contributed by atoms with van der Waals surface area (Å²) in [5, 5.41) is -0.422. The van der Waals surface area contributed by atoms with Crippen LogP contribution in [0.4, 0.5) is 11.4 Å². The number of nitrogen functional groups attached to an aromatic ring is 1. The van der Waals surface area contributed by atoms with Gasteiger partial charge in [-0.2, -0.15) is 0 Å². The van der Waals surface area contributed by atoms with Crippen molar-refractivity contribution in [2.45, 2.75) is 36.8 Å². The minimum absolute atomic E-state index is 0.318. The monoisotopic (exact) mass is 268 g/mol. The molecule has 1 heterocycles. The Kier molecular flexibility index (Phi) is 3.52. The van der Waals surface area contributed by atoms with E-state index < -0.39 is 15.1 Å². The molecule has 1 saturated heterocycles. The molecule has 0 radical (unpaired) electrons. The van der Waals surface area contributed by atoms with Crippen LogP contribution < -0.4 is 10.6 Å². The summed E-state index contributed by atoms with van der Waals surface area (Å²) in [6.45, 7) is 5.36. The number of rotatable bonds is 3. The molecule has 100 valence electrons. The van der Waals surface area contributed by atoms with E-state index in [0.29, 0.717) is 10.6 Å². The molecule has 1 aromatic carbocycles. The standard InChI is InChI=1S/C13H20N2O2S/c1-10(2)18(16,17)11-5-6-13(12(14)9-11)15-7-3-4-8-15/h5-6,9-10H,3-4,7-8,14H2,1-2H3. The molecular weight excluding hydrogens is 248 g/mol. The topological polar surface area (TPSA) is 63.4 Å². The molecule has 5 heteroatoms. The summed E-state index contributed by atoms with van der Waals surface area (Å²) >= 11 is 0. The molecule has 1 fully saturated rings. The van der Waals surface area contributed by atoms with Gasteiger partial charge in [0.1, 0.15) is 0 Å². The van der Waals surface area contributed by atoms with Gasteiger partial charge in [0.15, 0.2) is 9.84 Å². The summed E-state index contributed by atoms with van der Waals surface area (Å²) in [6, 6.07) is 5.08. The Bertz CT molecular complexity index is 532. The molecule has 0 spiro atoms. The molecule has 0 aliphatic carbocycles. The third kappa shape index (κ3) is 2.32. The van der Waals surface area contributed by atoms with Crippen molar-refractivity contribution in [3.8, 4) is 0 Å². The molecule has 4 nitrogen and oxygen atoms in total. The van der Waals surface area contributed by atoms with Crippen molar-refractivity contribution in [3.05, 3.63) is 18.2 Å². The Hall–Kier alpha value is -1.23. The van der Waals surface area contributed by atoms with Gasteiger partial charge in [-0.1, -0.05) is 0 Å². The van der Waals surface area contributed by atoms with E-state index in [4.69, 9.17) is 5.73 Å². The van der Waals surface area contributed by atoms with Gasteiger partial charge in [-0.15, -0.1) is 0 Å². The van der Waals surface area contributed by atoms with Crippen LogP contribution in [0, 0.1) is 0 Å². The fraction of sp³-hybridized carbons (Fsp3) is 0.538. The highest BCUT2D eigenvalue weighted by Gasteiger charge is 2.21. The van der Waals surface area contributed by atoms with Crippen molar-refractivity contribution in [3.63, 3.8) is 0 Å². The highest BCUT2D eigenvalue weighted by atomic mass is 32.2. The first-order valence-electron chi connectivity index (χ1n) is 6.31. The van der Waals surface area contributed by atoms with Gasteiger partial charge in [0, 0.05) is 13.1 Å². The van der Waals surface area contributed by atoms with Crippen LogP contribution >= 0.6 is 0 Å². The van der Waals surface area contributed by atoms with E-state index in [1.807, 2.05) is 6.07 Å². The second-order valence-corrected chi connectivity index (χ2v) is 7.51. The van der Waals surface area contributed by atoms with Gasteiger partial charge in [0.25, 0.3) is 0 Å². The zero-order valence-corrected chi connectivity index (χ0v) is 11.7. The second-order valence-electron chi connectivity index (χ2n) is 5.01. The normalized spacial score (nSPS) is 16.5. The Morgan fingerprint density at radius 2 is 1.83 bits per heavy atom. The average Bonchev–Trinajstić information content (AvgIpc) is 2.82. The highest BCUT2D eigenvalue weighted by Crippen LogP contribution is 2.30. The van der Waals surface area contributed by atoms with Crippen molar-refractivity contribution in [1.82, 2.24) is 0 Å². The predicted octanol–water partition coefficient (Wildman–Crippen LogP) is 2.05. The molecule has 18 heavy (non-hydrogen) atoms. The van der Waals surface area contributed by atoms with Gasteiger partial charge < -0.3 is 10.6 Å². The summed E-state index contributed by atoms with van der Waals surface area (Å²) in [7, 11) is -3.24. The molecule has 0 aromatic heterocycles. The van der Waals surface area contributed by atoms with Gasteiger partial charge in [-0.25, -0.2) is 8.42 Å². The van der Waals surface area contributed by atoms with E-state index in [1.54, 1.807) is 26.0 Å². The third-order valence-corrected chi connectivity index (χ3v) is 5.55. The van der Waals surface area contributed by atoms with Gasteiger partial charge in [-0.05, 0) is 44.9 Å². The lowest BCUT2D eigenvalue weighted by molar-refractivity contribution is 0.587. The maximum absolute atomic E-state index is 12.0. The Morgan fingerprint density at radius 1 is 1.22 bits per heavy atom. The molecule has 0 unspecified atom stereocenters. The zero-order chi connectivity index (χ0) is 13.3. The molecular formula is C13H20N2O2S. The van der Waals surface area contributed by atoms with Crippen LogP contribution in [-0.2, 0) is 9.84 Å². The highest BCUT2D eigenvalue weighted by molar-refractivity contribution is 7.92. The van der Waals surface area contributed by atoms with Crippen molar-refractivity contribution in [2.24, 2.45) is 0 Å². The number of nitrogens with two attached hydrogens (primary N) is 1. The first-order chi connectivity index (χ1) is 8.43. The van der Waals surface area contributed by atoms with E-state index in [1.165, 1.54) is 12.8 Å². The minimum atomic E-state index is -3.24. The van der Waals surface area contributed by atoms with E-state index in [0.717, 1.165) is 18.8 Å². The largest absolute Gasteiger partial charge is 0.397 e. The number of hydrogen-bond acceptors (Lipinski definition) is 4. The molecule has 0 atom stereocenters. The SMILES string of the molecule is CC(C)S(=O)(=O)c1ccc(N2CCCC2)c(N)c1. The molecule has 2 rings (SSSR count). The lowest BCUT2D eigenvalue weighted by Crippen LogP contribution is -2.20. The molecule has 0 saturated carbocycles. The molecule has 0 bridgehead atoms. The molecule has 2 N–H and O–H groups in total. The average molecular weight is 268 g/mol. The lowest BCUT2D eigenvalue weighted by atomic mass is 10.2. The minimum Gasteiger partial charge on any atom is -0.397 e. The first kappa shape index (κ1) is 13.2. The maximum Gasteiger partial charge on any atom is 0.180 e. The summed E-state index contributed by atoms with van der Waals surface area (Å²) in [5.74, 6) is 0. The molecule has 1 aromatic rings. The zero-order valence-electron chi connectivity index (χ0n) is 10.9. The van der Waals surface area contributed by atoms with E-state index in [-0.39, 0.29) is 0 Å². The first-order valence-corrected chi connectivity index (χ1v) is 7.86. The number of nitrogens with zero attached hydrogens (tertiary/aromatic N) is 1. The molecule has 1 aliphatic heterocycles. The summed E-state index contributed by atoms with van der Waals surface area (Å²) in [4.78, 5) is 2.53. The second kappa shape index (κ2) is 4.80. The summed E-state index contributed by atoms with van der Waals surface area (Å²) < 4.78 is 24.1. The van der Waals surface area contributed by atoms with E-state index >= 15 is 0 Å². The van der Waals surface area contributed by atoms with Crippen LogP contribution in [0.3, 0.4) is 0 Å². The van der Waals surface area contributed by atoms with Gasteiger partial charge in [0.05, 0.1) is 21.5 Å². The predicted molar refractivity (Wildman–Crippen MR) is 74.6 cm³/mol. The Labute approximate surface area is 109 Å². The van der Waals surface area contributed by atoms with E-state index in [2.05, 4.69) is 4.90 Å². The molecule has 0 amide bonds. The van der Waals surface area contributed by atoms with Crippen LogP contribution in [0.5, 0.6) is 0 Å². The fourth-order valence-electron chi connectivity index (χ4n) is 2.23. The number of sulfone groups is 1. The number of anilines is 2. The maximum atomic E-state index is 12.0.